The molecule has 1 atom stereocenters. The van der Waals surface area contributed by atoms with Crippen LogP contribution in [0.15, 0.2) is 24.3 Å². The van der Waals surface area contributed by atoms with Crippen molar-refractivity contribution >= 4 is 11.6 Å². The first kappa shape index (κ1) is 12.0. The second-order valence-electron chi connectivity index (χ2n) is 4.56. The summed E-state index contributed by atoms with van der Waals surface area (Å²) in [6, 6.07) is 8.02. The maximum absolute atomic E-state index is 11.9. The Bertz CT molecular complexity index is 365. The van der Waals surface area contributed by atoms with Gasteiger partial charge in [0.25, 0.3) is 0 Å². The van der Waals surface area contributed by atoms with Crippen molar-refractivity contribution in [3.63, 3.8) is 0 Å². The lowest BCUT2D eigenvalue weighted by molar-refractivity contribution is -0.121. The molecule has 1 amide bonds. The third-order valence-corrected chi connectivity index (χ3v) is 3.17. The minimum Gasteiger partial charge on any atom is -0.373 e. The number of benzene rings is 1. The first-order valence-electron chi connectivity index (χ1n) is 6.43. The predicted octanol–water partition coefficient (Wildman–Crippen LogP) is 2.33. The van der Waals surface area contributed by atoms with Crippen LogP contribution in [0, 0.1) is 0 Å². The highest BCUT2D eigenvalue weighted by Gasteiger charge is 2.25. The van der Waals surface area contributed by atoms with Crippen molar-refractivity contribution < 1.29 is 4.79 Å². The molecule has 3 heteroatoms. The van der Waals surface area contributed by atoms with Crippen LogP contribution in [0.25, 0.3) is 0 Å². The number of hydrogen-bond acceptors (Lipinski definition) is 2. The number of amides is 1. The van der Waals surface area contributed by atoms with Crippen molar-refractivity contribution in [2.45, 2.75) is 38.6 Å². The zero-order chi connectivity index (χ0) is 12.1. The first-order valence-corrected chi connectivity index (χ1v) is 6.43. The molecule has 3 nitrogen and oxygen atoms in total. The number of fused-ring (bicyclic) bond motifs is 1. The molecule has 0 saturated heterocycles. The molecule has 1 heterocycles. The Morgan fingerprint density at radius 3 is 3.00 bits per heavy atom. The molecule has 1 aliphatic heterocycles. The normalized spacial score (nSPS) is 17.4. The van der Waals surface area contributed by atoms with E-state index in [2.05, 4.69) is 23.6 Å². The minimum atomic E-state index is -0.0889. The number of carbonyl (C=O) groups excluding carboxylic acids is 1. The van der Waals surface area contributed by atoms with Gasteiger partial charge in [-0.2, -0.15) is 0 Å². The SMILES string of the molecule is CCCCCNC(=O)C1Cc2ccccc2N1. The van der Waals surface area contributed by atoms with E-state index in [1.165, 1.54) is 18.4 Å². The van der Waals surface area contributed by atoms with Gasteiger partial charge in [-0.15, -0.1) is 0 Å². The van der Waals surface area contributed by atoms with Crippen LogP contribution in [0.3, 0.4) is 0 Å². The van der Waals surface area contributed by atoms with E-state index in [1.807, 2.05) is 18.2 Å². The van der Waals surface area contributed by atoms with Crippen molar-refractivity contribution in [1.82, 2.24) is 5.32 Å². The molecule has 0 saturated carbocycles. The molecular weight excluding hydrogens is 212 g/mol. The summed E-state index contributed by atoms with van der Waals surface area (Å²) >= 11 is 0. The van der Waals surface area contributed by atoms with Gasteiger partial charge in [0.15, 0.2) is 0 Å². The number of unbranched alkanes of at least 4 members (excludes halogenated alkanes) is 2. The highest BCUT2D eigenvalue weighted by Crippen LogP contribution is 2.24. The highest BCUT2D eigenvalue weighted by atomic mass is 16.2. The monoisotopic (exact) mass is 232 g/mol. The van der Waals surface area contributed by atoms with Crippen molar-refractivity contribution in [2.75, 3.05) is 11.9 Å². The van der Waals surface area contributed by atoms with Crippen molar-refractivity contribution in [2.24, 2.45) is 0 Å². The molecule has 0 fully saturated rings. The molecule has 0 spiro atoms. The van der Waals surface area contributed by atoms with E-state index in [1.54, 1.807) is 0 Å². The second kappa shape index (κ2) is 5.71. The van der Waals surface area contributed by atoms with Crippen LogP contribution in [0.4, 0.5) is 5.69 Å². The van der Waals surface area contributed by atoms with Crippen LogP contribution in [-0.2, 0) is 11.2 Å². The molecule has 0 radical (unpaired) electrons. The molecule has 1 unspecified atom stereocenters. The van der Waals surface area contributed by atoms with Gasteiger partial charge in [-0.1, -0.05) is 38.0 Å². The third kappa shape index (κ3) is 2.99. The van der Waals surface area contributed by atoms with Crippen molar-refractivity contribution in [1.29, 1.82) is 0 Å². The molecule has 17 heavy (non-hydrogen) atoms. The number of nitrogens with one attached hydrogen (secondary N) is 2. The van der Waals surface area contributed by atoms with E-state index in [4.69, 9.17) is 0 Å². The van der Waals surface area contributed by atoms with Gasteiger partial charge < -0.3 is 10.6 Å². The molecule has 1 aromatic carbocycles. The van der Waals surface area contributed by atoms with Crippen molar-refractivity contribution in [3.8, 4) is 0 Å². The number of hydrogen-bond donors (Lipinski definition) is 2. The summed E-state index contributed by atoms with van der Waals surface area (Å²) in [6.45, 7) is 2.96. The number of anilines is 1. The quantitative estimate of drug-likeness (QED) is 0.765. The van der Waals surface area contributed by atoms with E-state index in [9.17, 15) is 4.79 Å². The van der Waals surface area contributed by atoms with Gasteiger partial charge in [0.2, 0.25) is 5.91 Å². The van der Waals surface area contributed by atoms with Crippen molar-refractivity contribution in [3.05, 3.63) is 29.8 Å². The maximum atomic E-state index is 11.9. The highest BCUT2D eigenvalue weighted by molar-refractivity contribution is 5.87. The summed E-state index contributed by atoms with van der Waals surface area (Å²) in [7, 11) is 0. The van der Waals surface area contributed by atoms with Gasteiger partial charge in [-0.25, -0.2) is 0 Å². The average molecular weight is 232 g/mol. The molecule has 1 aliphatic rings. The van der Waals surface area contributed by atoms with Crippen LogP contribution in [0.5, 0.6) is 0 Å². The lowest BCUT2D eigenvalue weighted by atomic mass is 10.1. The van der Waals surface area contributed by atoms with E-state index < -0.39 is 0 Å². The Morgan fingerprint density at radius 1 is 1.41 bits per heavy atom. The number of para-hydroxylation sites is 1. The molecule has 1 aromatic rings. The van der Waals surface area contributed by atoms with E-state index in [0.717, 1.165) is 25.1 Å². The van der Waals surface area contributed by atoms with E-state index >= 15 is 0 Å². The molecule has 0 aromatic heterocycles. The molecule has 2 N–H and O–H groups in total. The fraction of sp³-hybridized carbons (Fsp3) is 0.500. The maximum Gasteiger partial charge on any atom is 0.242 e. The fourth-order valence-corrected chi connectivity index (χ4v) is 2.17. The Hall–Kier alpha value is -1.51. The van der Waals surface area contributed by atoms with Gasteiger partial charge in [0.05, 0.1) is 0 Å². The zero-order valence-corrected chi connectivity index (χ0v) is 10.3. The molecule has 0 bridgehead atoms. The summed E-state index contributed by atoms with van der Waals surface area (Å²) < 4.78 is 0. The minimum absolute atomic E-state index is 0.0889. The van der Waals surface area contributed by atoms with Gasteiger partial charge >= 0.3 is 0 Å². The largest absolute Gasteiger partial charge is 0.373 e. The summed E-state index contributed by atoms with van der Waals surface area (Å²) in [5, 5.41) is 6.26. The summed E-state index contributed by atoms with van der Waals surface area (Å²) in [4.78, 5) is 11.9. The summed E-state index contributed by atoms with van der Waals surface area (Å²) in [5.74, 6) is 0.123. The second-order valence-corrected chi connectivity index (χ2v) is 4.56. The topological polar surface area (TPSA) is 41.1 Å². The predicted molar refractivity (Wildman–Crippen MR) is 70.1 cm³/mol. The van der Waals surface area contributed by atoms with Gasteiger partial charge in [0, 0.05) is 18.7 Å². The van der Waals surface area contributed by atoms with Gasteiger partial charge in [-0.05, 0) is 18.1 Å². The average Bonchev–Trinajstić information content (AvgIpc) is 2.78. The van der Waals surface area contributed by atoms with E-state index in [-0.39, 0.29) is 11.9 Å². The molecule has 92 valence electrons. The van der Waals surface area contributed by atoms with Gasteiger partial charge in [0.1, 0.15) is 6.04 Å². The lowest BCUT2D eigenvalue weighted by Crippen LogP contribution is -2.38. The fourth-order valence-electron chi connectivity index (χ4n) is 2.17. The Labute approximate surface area is 103 Å². The smallest absolute Gasteiger partial charge is 0.242 e. The molecule has 2 rings (SSSR count). The summed E-state index contributed by atoms with van der Waals surface area (Å²) in [6.07, 6.45) is 4.24. The van der Waals surface area contributed by atoms with Crippen LogP contribution >= 0.6 is 0 Å². The Morgan fingerprint density at radius 2 is 2.24 bits per heavy atom. The zero-order valence-electron chi connectivity index (χ0n) is 10.3. The molecular formula is C14H20N2O. The Kier molecular flexibility index (Phi) is 4.02. The van der Waals surface area contributed by atoms with Gasteiger partial charge in [-0.3, -0.25) is 4.79 Å². The van der Waals surface area contributed by atoms with Crippen LogP contribution in [0.2, 0.25) is 0 Å². The van der Waals surface area contributed by atoms with E-state index in [0.29, 0.717) is 0 Å². The van der Waals surface area contributed by atoms with Crippen LogP contribution < -0.4 is 10.6 Å². The Balaban J connectivity index is 1.80. The lowest BCUT2D eigenvalue weighted by Gasteiger charge is -2.11. The number of carbonyl (C=O) groups is 1. The number of rotatable bonds is 5. The van der Waals surface area contributed by atoms with Crippen LogP contribution in [-0.4, -0.2) is 18.5 Å². The summed E-state index contributed by atoms with van der Waals surface area (Å²) in [5.41, 5.74) is 2.34. The third-order valence-electron chi connectivity index (χ3n) is 3.17. The first-order chi connectivity index (χ1) is 8.31. The van der Waals surface area contributed by atoms with Crippen LogP contribution in [0.1, 0.15) is 31.7 Å². The standard InChI is InChI=1S/C14H20N2O/c1-2-3-6-9-15-14(17)13-10-11-7-4-5-8-12(11)16-13/h4-5,7-8,13,16H,2-3,6,9-10H2,1H3,(H,15,17). The molecule has 0 aliphatic carbocycles.